The van der Waals surface area contributed by atoms with Gasteiger partial charge in [-0.15, -0.1) is 0 Å². The first-order valence-corrected chi connectivity index (χ1v) is 11.8. The van der Waals surface area contributed by atoms with Gasteiger partial charge < -0.3 is 4.42 Å². The fourth-order valence-electron chi connectivity index (χ4n) is 2.76. The van der Waals surface area contributed by atoms with Crippen molar-refractivity contribution in [1.82, 2.24) is 9.29 Å². The van der Waals surface area contributed by atoms with Crippen LogP contribution in [0.2, 0.25) is 0 Å². The van der Waals surface area contributed by atoms with Crippen LogP contribution in [-0.2, 0) is 32.7 Å². The van der Waals surface area contributed by atoms with Crippen molar-refractivity contribution < 1.29 is 21.3 Å². The Bertz CT molecular complexity index is 1240. The van der Waals surface area contributed by atoms with Crippen LogP contribution in [0.15, 0.2) is 62.6 Å². The number of hydrogen-bond acceptors (Lipinski definition) is 6. The minimum absolute atomic E-state index is 0.0207. The second-order valence-electron chi connectivity index (χ2n) is 6.39. The van der Waals surface area contributed by atoms with Crippen LogP contribution in [0.3, 0.4) is 0 Å². The highest BCUT2D eigenvalue weighted by Gasteiger charge is 2.17. The molecule has 0 aliphatic heterocycles. The van der Waals surface area contributed by atoms with Gasteiger partial charge in [-0.05, 0) is 24.1 Å². The molecule has 0 aliphatic carbocycles. The number of nitrogens with one attached hydrogen (secondary N) is 1. The Labute approximate surface area is 162 Å². The largest absolute Gasteiger partial charge is 0.419 e. The van der Waals surface area contributed by atoms with E-state index < -0.39 is 25.6 Å². The average Bonchev–Trinajstić information content (AvgIpc) is 2.93. The van der Waals surface area contributed by atoms with Crippen molar-refractivity contribution in [2.24, 2.45) is 7.05 Å². The third kappa shape index (κ3) is 4.70. The van der Waals surface area contributed by atoms with Crippen molar-refractivity contribution in [3.63, 3.8) is 0 Å². The highest BCUT2D eigenvalue weighted by molar-refractivity contribution is 7.90. The van der Waals surface area contributed by atoms with E-state index in [1.807, 2.05) is 6.07 Å². The molecular weight excluding hydrogens is 404 g/mol. The van der Waals surface area contributed by atoms with Gasteiger partial charge in [0.25, 0.3) is 0 Å². The number of nitrogens with zero attached hydrogens (tertiary/aromatic N) is 1. The number of sulfonamides is 1. The summed E-state index contributed by atoms with van der Waals surface area (Å²) in [6.07, 6.45) is 0.150. The number of sulfone groups is 1. The molecule has 0 aliphatic rings. The Morgan fingerprint density at radius 3 is 2.46 bits per heavy atom. The number of benzene rings is 2. The molecule has 0 spiro atoms. The molecule has 3 aromatic rings. The Balaban J connectivity index is 1.60. The van der Waals surface area contributed by atoms with E-state index in [2.05, 4.69) is 4.72 Å². The third-order valence-electron chi connectivity index (χ3n) is 4.23. The van der Waals surface area contributed by atoms with Crippen molar-refractivity contribution in [2.75, 3.05) is 12.3 Å². The molecule has 0 saturated carbocycles. The third-order valence-corrected chi connectivity index (χ3v) is 7.37. The summed E-state index contributed by atoms with van der Waals surface area (Å²) in [4.78, 5) is 11.5. The summed E-state index contributed by atoms with van der Waals surface area (Å²) in [6.45, 7) is -0.0207. The van der Waals surface area contributed by atoms with Gasteiger partial charge in [0.05, 0.1) is 21.9 Å². The molecule has 3 rings (SSSR count). The fraction of sp³-hybridized carbons (Fsp3) is 0.278. The normalized spacial score (nSPS) is 12.5. The van der Waals surface area contributed by atoms with E-state index in [0.717, 1.165) is 0 Å². The lowest BCUT2D eigenvalue weighted by Crippen LogP contribution is -2.26. The minimum atomic E-state index is -3.85. The first kappa shape index (κ1) is 20.3. The van der Waals surface area contributed by atoms with Gasteiger partial charge in [-0.25, -0.2) is 26.4 Å². The molecule has 1 N–H and O–H groups in total. The number of rotatable bonds is 8. The Morgan fingerprint density at radius 1 is 1.04 bits per heavy atom. The number of aryl methyl sites for hydroxylation is 1. The van der Waals surface area contributed by atoms with Crippen LogP contribution < -0.4 is 10.5 Å². The van der Waals surface area contributed by atoms with Crippen LogP contribution in [0.25, 0.3) is 11.1 Å². The minimum Gasteiger partial charge on any atom is -0.408 e. The standard InChI is InChI=1S/C18H20N2O6S2/c1-20-16-9-8-15(12-17(16)26-18(20)21)28(24,25)19-10-5-11-27(22,23)13-14-6-3-2-4-7-14/h2-4,6-9,12,19H,5,10-11,13H2,1H3. The number of oxazole rings is 1. The lowest BCUT2D eigenvalue weighted by Gasteiger charge is -2.08. The predicted molar refractivity (Wildman–Crippen MR) is 105 cm³/mol. The zero-order chi connectivity index (χ0) is 20.4. The maximum absolute atomic E-state index is 12.4. The molecule has 2 aromatic carbocycles. The first-order valence-electron chi connectivity index (χ1n) is 8.51. The number of hydrogen-bond donors (Lipinski definition) is 1. The fourth-order valence-corrected chi connectivity index (χ4v) is 5.28. The van der Waals surface area contributed by atoms with Crippen molar-refractivity contribution in [3.8, 4) is 0 Å². The highest BCUT2D eigenvalue weighted by Crippen LogP contribution is 2.18. The van der Waals surface area contributed by atoms with Gasteiger partial charge in [-0.3, -0.25) is 4.57 Å². The van der Waals surface area contributed by atoms with E-state index in [1.54, 1.807) is 24.3 Å². The molecule has 28 heavy (non-hydrogen) atoms. The van der Waals surface area contributed by atoms with E-state index in [4.69, 9.17) is 4.42 Å². The predicted octanol–water partition coefficient (Wildman–Crippen LogP) is 1.41. The molecule has 0 bridgehead atoms. The van der Waals surface area contributed by atoms with Crippen molar-refractivity contribution in [2.45, 2.75) is 17.1 Å². The molecule has 0 saturated heterocycles. The van der Waals surface area contributed by atoms with Gasteiger partial charge in [0.1, 0.15) is 0 Å². The summed E-state index contributed by atoms with van der Waals surface area (Å²) < 4.78 is 57.7. The molecule has 0 unspecified atom stereocenters. The highest BCUT2D eigenvalue weighted by atomic mass is 32.2. The summed E-state index contributed by atoms with van der Waals surface area (Å²) in [5.74, 6) is -0.789. The molecule has 0 fully saturated rings. The van der Waals surface area contributed by atoms with E-state index in [1.165, 1.54) is 29.8 Å². The van der Waals surface area contributed by atoms with Crippen LogP contribution >= 0.6 is 0 Å². The summed E-state index contributed by atoms with van der Waals surface area (Å²) in [5.41, 5.74) is 1.34. The van der Waals surface area contributed by atoms with Crippen molar-refractivity contribution in [3.05, 3.63) is 64.6 Å². The quantitative estimate of drug-likeness (QED) is 0.547. The summed E-state index contributed by atoms with van der Waals surface area (Å²) in [5, 5.41) is 0. The zero-order valence-electron chi connectivity index (χ0n) is 15.2. The van der Waals surface area contributed by atoms with Crippen LogP contribution in [0.5, 0.6) is 0 Å². The van der Waals surface area contributed by atoms with Crippen molar-refractivity contribution in [1.29, 1.82) is 0 Å². The second kappa shape index (κ2) is 7.90. The molecular formula is C18H20N2O6S2. The van der Waals surface area contributed by atoms with Gasteiger partial charge in [0.2, 0.25) is 10.0 Å². The average molecular weight is 425 g/mol. The summed E-state index contributed by atoms with van der Waals surface area (Å²) in [7, 11) is -5.66. The van der Waals surface area contributed by atoms with Crippen LogP contribution in [0, 0.1) is 0 Å². The van der Waals surface area contributed by atoms with Gasteiger partial charge in [-0.2, -0.15) is 0 Å². The van der Waals surface area contributed by atoms with Gasteiger partial charge in [-0.1, -0.05) is 30.3 Å². The summed E-state index contributed by atoms with van der Waals surface area (Å²) in [6, 6.07) is 12.9. The maximum Gasteiger partial charge on any atom is 0.419 e. The van der Waals surface area contributed by atoms with Crippen LogP contribution in [0.4, 0.5) is 0 Å². The lowest BCUT2D eigenvalue weighted by molar-refractivity contribution is 0.527. The van der Waals surface area contributed by atoms with E-state index in [0.29, 0.717) is 11.1 Å². The van der Waals surface area contributed by atoms with Gasteiger partial charge in [0, 0.05) is 19.7 Å². The molecule has 0 amide bonds. The molecule has 0 atom stereocenters. The van der Waals surface area contributed by atoms with Gasteiger partial charge in [0.15, 0.2) is 15.4 Å². The number of aromatic nitrogens is 1. The molecule has 8 nitrogen and oxygen atoms in total. The topological polar surface area (TPSA) is 115 Å². The second-order valence-corrected chi connectivity index (χ2v) is 10.3. The molecule has 1 heterocycles. The molecule has 150 valence electrons. The van der Waals surface area contributed by atoms with Crippen LogP contribution in [-0.4, -0.2) is 33.7 Å². The number of fused-ring (bicyclic) bond motifs is 1. The monoisotopic (exact) mass is 424 g/mol. The Kier molecular flexibility index (Phi) is 5.73. The maximum atomic E-state index is 12.4. The molecule has 10 heteroatoms. The molecule has 0 radical (unpaired) electrons. The molecule has 1 aromatic heterocycles. The lowest BCUT2D eigenvalue weighted by atomic mass is 10.2. The van der Waals surface area contributed by atoms with Gasteiger partial charge >= 0.3 is 5.76 Å². The smallest absolute Gasteiger partial charge is 0.408 e. The zero-order valence-corrected chi connectivity index (χ0v) is 16.8. The Morgan fingerprint density at radius 2 is 1.75 bits per heavy atom. The SMILES string of the molecule is Cn1c(=O)oc2cc(S(=O)(=O)NCCCS(=O)(=O)Cc3ccccc3)ccc21. The first-order chi connectivity index (χ1) is 13.2. The van der Waals surface area contributed by atoms with E-state index in [9.17, 15) is 21.6 Å². The van der Waals surface area contributed by atoms with E-state index >= 15 is 0 Å². The van der Waals surface area contributed by atoms with Crippen LogP contribution in [0.1, 0.15) is 12.0 Å². The summed E-state index contributed by atoms with van der Waals surface area (Å²) >= 11 is 0. The van der Waals surface area contributed by atoms with Crippen molar-refractivity contribution >= 4 is 31.0 Å². The Hall–Kier alpha value is -2.43. The van der Waals surface area contributed by atoms with E-state index in [-0.39, 0.29) is 34.9 Å².